The summed E-state index contributed by atoms with van der Waals surface area (Å²) in [5, 5.41) is 4.33. The van der Waals surface area contributed by atoms with Gasteiger partial charge in [0.15, 0.2) is 0 Å². The summed E-state index contributed by atoms with van der Waals surface area (Å²) in [6.45, 7) is 6.65. The van der Waals surface area contributed by atoms with Crippen LogP contribution < -0.4 is 14.8 Å². The summed E-state index contributed by atoms with van der Waals surface area (Å²) in [5.74, 6) is 0.711. The molecule has 13 heteroatoms. The molecule has 5 aromatic rings. The van der Waals surface area contributed by atoms with E-state index in [9.17, 15) is 14.0 Å². The summed E-state index contributed by atoms with van der Waals surface area (Å²) < 4.78 is 28.1. The molecule has 0 atom stereocenters. The number of piperazine rings is 1. The Morgan fingerprint density at radius 1 is 0.918 bits per heavy atom. The molecule has 1 N–H and O–H groups in total. The smallest absolute Gasteiger partial charge is 0.270 e. The van der Waals surface area contributed by atoms with Crippen molar-refractivity contribution in [1.82, 2.24) is 19.4 Å². The van der Waals surface area contributed by atoms with Crippen molar-refractivity contribution >= 4 is 68.6 Å². The molecule has 9 nitrogen and oxygen atoms in total. The number of carbonyl (C=O) groups excluding carboxylic acids is 2. The first-order valence-corrected chi connectivity index (χ1v) is 16.3. The first-order valence-electron chi connectivity index (χ1n) is 15.5. The Morgan fingerprint density at radius 2 is 1.67 bits per heavy atom. The number of rotatable bonds is 9. The second-order valence-electron chi connectivity index (χ2n) is 11.9. The summed E-state index contributed by atoms with van der Waals surface area (Å²) in [5.41, 5.74) is 2.86. The van der Waals surface area contributed by atoms with Gasteiger partial charge >= 0.3 is 0 Å². The standard InChI is InChI=1S/C36H34Cl2FN5O4.BrH/c1-22(2)47-27-9-5-25(31(39)18-27)21-43-12-14-44(15-13-43)36(46)33-17-23-4-8-28(19-32(23)42(33)3)48-34-11-7-26(20-40-34)41-35(45)24-6-10-29(37)30(38)16-24;/h4-11,16-20,22H,12-15,21H2,1-3H3,(H,41,45);1H. The van der Waals surface area contributed by atoms with E-state index in [0.29, 0.717) is 82.7 Å². The van der Waals surface area contributed by atoms with Crippen molar-refractivity contribution in [2.24, 2.45) is 7.05 Å². The van der Waals surface area contributed by atoms with Crippen molar-refractivity contribution in [3.63, 3.8) is 0 Å². The number of nitrogens with one attached hydrogen (secondary N) is 1. The summed E-state index contributed by atoms with van der Waals surface area (Å²) in [7, 11) is 1.86. The average Bonchev–Trinajstić information content (AvgIpc) is 3.39. The lowest BCUT2D eigenvalue weighted by Crippen LogP contribution is -2.48. The fourth-order valence-corrected chi connectivity index (χ4v) is 5.87. The minimum absolute atomic E-state index is 0. The second kappa shape index (κ2) is 15.6. The molecule has 0 unspecified atom stereocenters. The first-order chi connectivity index (χ1) is 23.0. The maximum atomic E-state index is 14.7. The van der Waals surface area contributed by atoms with Gasteiger partial charge in [0.2, 0.25) is 5.88 Å². The van der Waals surface area contributed by atoms with Crippen molar-refractivity contribution in [3.05, 3.63) is 112 Å². The lowest BCUT2D eigenvalue weighted by atomic mass is 10.1. The summed E-state index contributed by atoms with van der Waals surface area (Å²) in [6.07, 6.45) is 1.47. The van der Waals surface area contributed by atoms with Crippen molar-refractivity contribution in [1.29, 1.82) is 0 Å². The molecule has 2 amide bonds. The number of benzene rings is 3. The van der Waals surface area contributed by atoms with E-state index in [-0.39, 0.29) is 40.7 Å². The number of aryl methyl sites for hydroxylation is 1. The van der Waals surface area contributed by atoms with Crippen molar-refractivity contribution in [2.45, 2.75) is 26.5 Å². The summed E-state index contributed by atoms with van der Waals surface area (Å²) >= 11 is 12.0. The molecule has 1 aliphatic heterocycles. The second-order valence-corrected chi connectivity index (χ2v) is 12.7. The van der Waals surface area contributed by atoms with E-state index >= 15 is 0 Å². The number of nitrogens with zero attached hydrogens (tertiary/aromatic N) is 4. The van der Waals surface area contributed by atoms with Gasteiger partial charge in [-0.05, 0) is 62.4 Å². The third-order valence-electron chi connectivity index (χ3n) is 8.08. The summed E-state index contributed by atoms with van der Waals surface area (Å²) in [6, 6.07) is 20.4. The number of carbonyl (C=O) groups is 2. The number of hydrogen-bond donors (Lipinski definition) is 1. The highest BCUT2D eigenvalue weighted by Crippen LogP contribution is 2.29. The Labute approximate surface area is 304 Å². The monoisotopic (exact) mass is 769 g/mol. The Bertz CT molecular complexity index is 1980. The molecule has 256 valence electrons. The number of aromatic nitrogens is 2. The van der Waals surface area contributed by atoms with Gasteiger partial charge < -0.3 is 24.3 Å². The normalized spacial score (nSPS) is 13.3. The predicted octanol–water partition coefficient (Wildman–Crippen LogP) is 8.39. The van der Waals surface area contributed by atoms with Crippen LogP contribution in [-0.4, -0.2) is 63.4 Å². The average molecular weight is 772 g/mol. The van der Waals surface area contributed by atoms with Gasteiger partial charge in [-0.25, -0.2) is 9.37 Å². The molecule has 0 radical (unpaired) electrons. The maximum Gasteiger partial charge on any atom is 0.270 e. The van der Waals surface area contributed by atoms with Crippen molar-refractivity contribution in [3.8, 4) is 17.4 Å². The molecule has 0 spiro atoms. The van der Waals surface area contributed by atoms with E-state index in [0.717, 1.165) is 10.9 Å². The minimum atomic E-state index is -0.348. The molecule has 1 aliphatic rings. The third-order valence-corrected chi connectivity index (χ3v) is 8.82. The fraction of sp³-hybridized carbons (Fsp3) is 0.250. The number of anilines is 1. The van der Waals surface area contributed by atoms with Crippen LogP contribution >= 0.6 is 40.2 Å². The van der Waals surface area contributed by atoms with E-state index in [1.807, 2.05) is 54.6 Å². The Hall–Kier alpha value is -4.16. The molecular weight excluding hydrogens is 736 g/mol. The van der Waals surface area contributed by atoms with Gasteiger partial charge in [-0.3, -0.25) is 14.5 Å². The lowest BCUT2D eigenvalue weighted by molar-refractivity contribution is 0.0618. The molecule has 1 fully saturated rings. The number of amides is 2. The molecule has 6 rings (SSSR count). The highest BCUT2D eigenvalue weighted by molar-refractivity contribution is 8.93. The number of pyridine rings is 1. The Kier molecular flexibility index (Phi) is 11.5. The van der Waals surface area contributed by atoms with E-state index in [1.165, 1.54) is 18.3 Å². The van der Waals surface area contributed by atoms with E-state index in [2.05, 4.69) is 15.2 Å². The molecule has 3 aromatic carbocycles. The van der Waals surface area contributed by atoms with E-state index in [4.69, 9.17) is 32.7 Å². The van der Waals surface area contributed by atoms with Gasteiger partial charge in [0.05, 0.1) is 33.6 Å². The molecule has 0 aliphatic carbocycles. The van der Waals surface area contributed by atoms with Gasteiger partial charge in [0, 0.05) is 74.5 Å². The Balaban J connectivity index is 0.00000468. The van der Waals surface area contributed by atoms with E-state index < -0.39 is 0 Å². The topological polar surface area (TPSA) is 88.9 Å². The molecule has 0 bridgehead atoms. The van der Waals surface area contributed by atoms with Gasteiger partial charge in [0.1, 0.15) is 23.0 Å². The molecule has 49 heavy (non-hydrogen) atoms. The van der Waals surface area contributed by atoms with Gasteiger partial charge in [-0.1, -0.05) is 29.3 Å². The SMILES string of the molecule is Br.CC(C)Oc1ccc(CN2CCN(C(=O)c3cc4ccc(Oc5ccc(NC(=O)c6ccc(Cl)c(Cl)c6)cn5)cc4n3C)CC2)c(F)c1. The zero-order valence-electron chi connectivity index (χ0n) is 27.1. The molecule has 1 saturated heterocycles. The van der Waals surface area contributed by atoms with Crippen LogP contribution in [-0.2, 0) is 13.6 Å². The van der Waals surface area contributed by atoms with Crippen molar-refractivity contribution < 1.29 is 23.5 Å². The van der Waals surface area contributed by atoms with Crippen LogP contribution in [0, 0.1) is 5.82 Å². The van der Waals surface area contributed by atoms with Gasteiger partial charge in [-0.15, -0.1) is 17.0 Å². The molecule has 2 aromatic heterocycles. The first kappa shape index (κ1) is 36.1. The number of fused-ring (bicyclic) bond motifs is 1. The molecule has 0 saturated carbocycles. The maximum absolute atomic E-state index is 14.7. The van der Waals surface area contributed by atoms with Gasteiger partial charge in [0.25, 0.3) is 11.8 Å². The van der Waals surface area contributed by atoms with Crippen LogP contribution in [0.4, 0.5) is 10.1 Å². The highest BCUT2D eigenvalue weighted by atomic mass is 79.9. The predicted molar refractivity (Wildman–Crippen MR) is 195 cm³/mol. The Morgan fingerprint density at radius 3 is 2.35 bits per heavy atom. The van der Waals surface area contributed by atoms with Crippen LogP contribution in [0.1, 0.15) is 40.3 Å². The molecular formula is C36H35BrCl2FN5O4. The van der Waals surface area contributed by atoms with Crippen LogP contribution in [0.3, 0.4) is 0 Å². The largest absolute Gasteiger partial charge is 0.491 e. The van der Waals surface area contributed by atoms with Crippen molar-refractivity contribution in [2.75, 3.05) is 31.5 Å². The fourth-order valence-electron chi connectivity index (χ4n) is 5.57. The zero-order valence-corrected chi connectivity index (χ0v) is 30.3. The third kappa shape index (κ3) is 8.53. The van der Waals surface area contributed by atoms with Crippen LogP contribution in [0.15, 0.2) is 79.0 Å². The zero-order chi connectivity index (χ0) is 33.9. The number of halogens is 4. The summed E-state index contributed by atoms with van der Waals surface area (Å²) in [4.78, 5) is 34.4. The van der Waals surface area contributed by atoms with Crippen LogP contribution in [0.2, 0.25) is 10.0 Å². The lowest BCUT2D eigenvalue weighted by Gasteiger charge is -2.34. The van der Waals surface area contributed by atoms with Crippen LogP contribution in [0.5, 0.6) is 17.4 Å². The highest BCUT2D eigenvalue weighted by Gasteiger charge is 2.25. The number of ether oxygens (including phenoxy) is 2. The minimum Gasteiger partial charge on any atom is -0.491 e. The van der Waals surface area contributed by atoms with Gasteiger partial charge in [-0.2, -0.15) is 0 Å². The quantitative estimate of drug-likeness (QED) is 0.162. The van der Waals surface area contributed by atoms with E-state index in [1.54, 1.807) is 36.4 Å². The number of hydrogen-bond acceptors (Lipinski definition) is 6. The van der Waals surface area contributed by atoms with Crippen LogP contribution in [0.25, 0.3) is 10.9 Å². The molecule has 3 heterocycles.